The van der Waals surface area contributed by atoms with E-state index in [2.05, 4.69) is 5.32 Å². The van der Waals surface area contributed by atoms with Crippen LogP contribution in [0.15, 0.2) is 18.2 Å². The number of halogens is 2. The van der Waals surface area contributed by atoms with Crippen molar-refractivity contribution >= 4 is 35.6 Å². The Labute approximate surface area is 119 Å². The number of rotatable bonds is 4. The average molecular weight is 291 g/mol. The minimum absolute atomic E-state index is 0. The van der Waals surface area contributed by atoms with Gasteiger partial charge in [-0.25, -0.2) is 0 Å². The molecule has 1 rings (SSSR count). The van der Waals surface area contributed by atoms with Crippen molar-refractivity contribution in [1.29, 1.82) is 0 Å². The van der Waals surface area contributed by atoms with Crippen LogP contribution in [0, 0.1) is 0 Å². The predicted octanol–water partition coefficient (Wildman–Crippen LogP) is 3.65. The van der Waals surface area contributed by atoms with E-state index in [0.29, 0.717) is 16.3 Å². The summed E-state index contributed by atoms with van der Waals surface area (Å²) in [5.74, 6) is -0.152. The van der Waals surface area contributed by atoms with Crippen LogP contribution in [-0.2, 0) is 0 Å². The quantitative estimate of drug-likeness (QED) is 0.832. The van der Waals surface area contributed by atoms with Crippen molar-refractivity contribution in [3.05, 3.63) is 28.8 Å². The number of nitrogen functional groups attached to an aromatic ring is 1. The van der Waals surface area contributed by atoms with Crippen molar-refractivity contribution in [3.8, 4) is 0 Å². The van der Waals surface area contributed by atoms with Gasteiger partial charge in [0.25, 0.3) is 5.91 Å². The van der Waals surface area contributed by atoms with Crippen molar-refractivity contribution in [1.82, 2.24) is 5.32 Å². The van der Waals surface area contributed by atoms with Gasteiger partial charge in [-0.1, -0.05) is 25.4 Å². The summed E-state index contributed by atoms with van der Waals surface area (Å²) < 4.78 is 0. The van der Waals surface area contributed by atoms with Crippen LogP contribution in [0.25, 0.3) is 0 Å². The molecule has 0 bridgehead atoms. The Bertz CT molecular complexity index is 417. The van der Waals surface area contributed by atoms with Gasteiger partial charge in [0, 0.05) is 11.2 Å². The average Bonchev–Trinajstić information content (AvgIpc) is 2.28. The van der Waals surface area contributed by atoms with Gasteiger partial charge in [0.1, 0.15) is 0 Å². The summed E-state index contributed by atoms with van der Waals surface area (Å²) in [5.41, 5.74) is 6.42. The molecule has 0 aliphatic carbocycles. The molecule has 0 aliphatic rings. The van der Waals surface area contributed by atoms with Crippen LogP contribution in [0.3, 0.4) is 0 Å². The number of benzene rings is 1. The van der Waals surface area contributed by atoms with Crippen molar-refractivity contribution in [2.24, 2.45) is 0 Å². The first-order valence-electron chi connectivity index (χ1n) is 5.79. The maximum Gasteiger partial charge on any atom is 0.253 e. The third-order valence-electron chi connectivity index (χ3n) is 3.21. The molecule has 0 fully saturated rings. The molecule has 1 aromatic carbocycles. The smallest absolute Gasteiger partial charge is 0.253 e. The highest BCUT2D eigenvalue weighted by Gasteiger charge is 2.23. The van der Waals surface area contributed by atoms with Gasteiger partial charge in [-0.15, -0.1) is 12.4 Å². The van der Waals surface area contributed by atoms with Crippen molar-refractivity contribution in [2.45, 2.75) is 39.2 Å². The molecule has 0 heterocycles. The molecular weight excluding hydrogens is 271 g/mol. The summed E-state index contributed by atoms with van der Waals surface area (Å²) in [6.45, 7) is 6.12. The highest BCUT2D eigenvalue weighted by molar-refractivity contribution is 6.34. The van der Waals surface area contributed by atoms with E-state index < -0.39 is 0 Å². The Morgan fingerprint density at radius 2 is 1.94 bits per heavy atom. The molecule has 18 heavy (non-hydrogen) atoms. The lowest BCUT2D eigenvalue weighted by Gasteiger charge is -2.28. The molecule has 3 N–H and O–H groups in total. The number of hydrogen-bond acceptors (Lipinski definition) is 2. The van der Waals surface area contributed by atoms with E-state index in [4.69, 9.17) is 17.3 Å². The predicted molar refractivity (Wildman–Crippen MR) is 79.6 cm³/mol. The number of nitrogens with one attached hydrogen (secondary N) is 1. The SMILES string of the molecule is CCC(C)(CC)NC(=O)c1ccc(N)cc1Cl.Cl. The second-order valence-electron chi connectivity index (χ2n) is 4.46. The fraction of sp³-hybridized carbons (Fsp3) is 0.462. The Morgan fingerprint density at radius 1 is 1.39 bits per heavy atom. The Morgan fingerprint density at radius 3 is 2.39 bits per heavy atom. The molecule has 102 valence electrons. The second kappa shape index (κ2) is 6.86. The molecule has 0 radical (unpaired) electrons. The summed E-state index contributed by atoms with van der Waals surface area (Å²) in [7, 11) is 0. The molecule has 0 saturated heterocycles. The molecule has 1 amide bonds. The van der Waals surface area contributed by atoms with Crippen molar-refractivity contribution in [3.63, 3.8) is 0 Å². The highest BCUT2D eigenvalue weighted by Crippen LogP contribution is 2.21. The normalized spacial score (nSPS) is 10.7. The topological polar surface area (TPSA) is 55.1 Å². The van der Waals surface area contributed by atoms with Gasteiger partial charge in [0.15, 0.2) is 0 Å². The molecule has 0 unspecified atom stereocenters. The minimum Gasteiger partial charge on any atom is -0.399 e. The van der Waals surface area contributed by atoms with Crippen molar-refractivity contribution in [2.75, 3.05) is 5.73 Å². The fourth-order valence-electron chi connectivity index (χ4n) is 1.48. The molecule has 5 heteroatoms. The number of hydrogen-bond donors (Lipinski definition) is 2. The summed E-state index contributed by atoms with van der Waals surface area (Å²) in [6.07, 6.45) is 1.75. The summed E-state index contributed by atoms with van der Waals surface area (Å²) in [5, 5.41) is 3.39. The monoisotopic (exact) mass is 290 g/mol. The first-order valence-corrected chi connectivity index (χ1v) is 6.17. The lowest BCUT2D eigenvalue weighted by Crippen LogP contribution is -2.45. The van der Waals surface area contributed by atoms with Gasteiger partial charge in [0.2, 0.25) is 0 Å². The first kappa shape index (κ1) is 17.1. The molecule has 3 nitrogen and oxygen atoms in total. The van der Waals surface area contributed by atoms with E-state index in [1.54, 1.807) is 18.2 Å². The third-order valence-corrected chi connectivity index (χ3v) is 3.53. The Hall–Kier alpha value is -0.930. The Kier molecular flexibility index (Phi) is 6.50. The van der Waals surface area contributed by atoms with Crippen LogP contribution in [0.2, 0.25) is 5.02 Å². The van der Waals surface area contributed by atoms with Gasteiger partial charge in [0.05, 0.1) is 10.6 Å². The molecule has 1 aromatic rings. The fourth-order valence-corrected chi connectivity index (χ4v) is 1.76. The van der Waals surface area contributed by atoms with Crippen LogP contribution < -0.4 is 11.1 Å². The van der Waals surface area contributed by atoms with E-state index in [1.807, 2.05) is 20.8 Å². The number of carbonyl (C=O) groups is 1. The molecule has 0 saturated carbocycles. The summed E-state index contributed by atoms with van der Waals surface area (Å²) in [4.78, 5) is 12.1. The van der Waals surface area contributed by atoms with Crippen LogP contribution >= 0.6 is 24.0 Å². The lowest BCUT2D eigenvalue weighted by atomic mass is 9.95. The van der Waals surface area contributed by atoms with Gasteiger partial charge >= 0.3 is 0 Å². The lowest BCUT2D eigenvalue weighted by molar-refractivity contribution is 0.0901. The van der Waals surface area contributed by atoms with Crippen LogP contribution in [-0.4, -0.2) is 11.4 Å². The standard InChI is InChI=1S/C13H19ClN2O.ClH/c1-4-13(3,5-2)16-12(17)10-7-6-9(15)8-11(10)14;/h6-8H,4-5,15H2,1-3H3,(H,16,17);1H. The number of carbonyl (C=O) groups excluding carboxylic acids is 1. The van der Waals surface area contributed by atoms with Gasteiger partial charge < -0.3 is 11.1 Å². The maximum absolute atomic E-state index is 12.1. The van der Waals surface area contributed by atoms with E-state index in [1.165, 1.54) is 0 Å². The summed E-state index contributed by atoms with van der Waals surface area (Å²) >= 11 is 6.00. The Balaban J connectivity index is 0.00000289. The minimum atomic E-state index is -0.193. The number of nitrogens with two attached hydrogens (primary N) is 1. The van der Waals surface area contributed by atoms with E-state index in [0.717, 1.165) is 12.8 Å². The van der Waals surface area contributed by atoms with Gasteiger partial charge in [-0.05, 0) is 38.0 Å². The third kappa shape index (κ3) is 4.07. The van der Waals surface area contributed by atoms with E-state index in [9.17, 15) is 4.79 Å². The summed E-state index contributed by atoms with van der Waals surface area (Å²) in [6, 6.07) is 4.92. The maximum atomic E-state index is 12.1. The van der Waals surface area contributed by atoms with Crippen molar-refractivity contribution < 1.29 is 4.79 Å². The number of anilines is 1. The molecule has 0 spiro atoms. The zero-order valence-corrected chi connectivity index (χ0v) is 12.5. The van der Waals surface area contributed by atoms with Crippen LogP contribution in [0.4, 0.5) is 5.69 Å². The molecule has 0 atom stereocenters. The number of amides is 1. The van der Waals surface area contributed by atoms with Gasteiger partial charge in [-0.2, -0.15) is 0 Å². The molecule has 0 aromatic heterocycles. The van der Waals surface area contributed by atoms with Crippen LogP contribution in [0.1, 0.15) is 44.0 Å². The van der Waals surface area contributed by atoms with E-state index >= 15 is 0 Å². The zero-order valence-electron chi connectivity index (χ0n) is 10.9. The van der Waals surface area contributed by atoms with Gasteiger partial charge in [-0.3, -0.25) is 4.79 Å². The first-order chi connectivity index (χ1) is 7.91. The largest absolute Gasteiger partial charge is 0.399 e. The highest BCUT2D eigenvalue weighted by atomic mass is 35.5. The van der Waals surface area contributed by atoms with Crippen LogP contribution in [0.5, 0.6) is 0 Å². The van der Waals surface area contributed by atoms with E-state index in [-0.39, 0.29) is 23.9 Å². The molecule has 0 aliphatic heterocycles. The molecular formula is C13H20Cl2N2O. The zero-order chi connectivity index (χ0) is 13.1. The second-order valence-corrected chi connectivity index (χ2v) is 4.87.